The van der Waals surface area contributed by atoms with Gasteiger partial charge >= 0.3 is 38.6 Å². The molecule has 68 valence electrons. The van der Waals surface area contributed by atoms with E-state index in [-0.39, 0.29) is 20.3 Å². The van der Waals surface area contributed by atoms with Gasteiger partial charge in [0.05, 0.1) is 0 Å². The third-order valence-corrected chi connectivity index (χ3v) is 0.183. The molecule has 0 aliphatic carbocycles. The largest absolute Gasteiger partial charge is 1.00 e. The smallest absolute Gasteiger partial charge is 1.00 e. The van der Waals surface area contributed by atoms with E-state index in [9.17, 15) is 0 Å². The van der Waals surface area contributed by atoms with Crippen LogP contribution in [0.15, 0.2) is 0 Å². The van der Waals surface area contributed by atoms with Crippen molar-refractivity contribution < 1.29 is 59.3 Å². The zero-order valence-electron chi connectivity index (χ0n) is 6.91. The van der Waals surface area contributed by atoms with Crippen LogP contribution in [0.1, 0.15) is 1.43 Å². The summed E-state index contributed by atoms with van der Waals surface area (Å²) in [6.45, 7) is 0. The van der Waals surface area contributed by atoms with Crippen LogP contribution in [0.2, 0.25) is 0 Å². The maximum absolute atomic E-state index is 9.10. The summed E-state index contributed by atoms with van der Waals surface area (Å²) in [5.74, 6) is -3.65. The van der Waals surface area contributed by atoms with Crippen molar-refractivity contribution in [2.24, 2.45) is 0 Å². The third-order valence-electron chi connectivity index (χ3n) is 0.183. The minimum Gasteiger partial charge on any atom is -1.00 e. The first-order valence-electron chi connectivity index (χ1n) is 1.89. The summed E-state index contributed by atoms with van der Waals surface area (Å²) >= 11 is 0. The molecule has 0 aromatic rings. The second-order valence-electron chi connectivity index (χ2n) is 1.12. The molecular weight excluding hydrogens is 190 g/mol. The second-order valence-corrected chi connectivity index (χ2v) is 2.15. The van der Waals surface area contributed by atoms with Crippen LogP contribution < -0.4 is 18.9 Å². The van der Waals surface area contributed by atoms with Crippen LogP contribution in [-0.4, -0.2) is 36.8 Å². The molecule has 0 saturated heterocycles. The predicted octanol–water partition coefficient (Wildman–Crippen LogP) is -4.66. The SMILES string of the molecule is O=C(O)C(=O)O.O=P(O)(O)O.[H-].[Li+]. The van der Waals surface area contributed by atoms with E-state index in [1.54, 1.807) is 0 Å². The molecule has 5 N–H and O–H groups in total. The molecule has 12 heavy (non-hydrogen) atoms. The van der Waals surface area contributed by atoms with Crippen LogP contribution in [0.4, 0.5) is 0 Å². The average molecular weight is 196 g/mol. The Hall–Kier alpha value is -0.353. The summed E-state index contributed by atoms with van der Waals surface area (Å²) in [4.78, 5) is 39.8. The number of carboxylic acids is 2. The number of aliphatic carboxylic acids is 2. The maximum Gasteiger partial charge on any atom is 1.00 e. The molecule has 0 atom stereocenters. The van der Waals surface area contributed by atoms with Crippen LogP contribution in [-0.2, 0) is 14.2 Å². The Morgan fingerprint density at radius 2 is 1.08 bits per heavy atom. The van der Waals surface area contributed by atoms with Crippen molar-refractivity contribution in [1.82, 2.24) is 0 Å². The summed E-state index contributed by atoms with van der Waals surface area (Å²) in [6, 6.07) is 0. The summed E-state index contributed by atoms with van der Waals surface area (Å²) < 4.78 is 8.88. The predicted molar refractivity (Wildman–Crippen MR) is 30.6 cm³/mol. The van der Waals surface area contributed by atoms with Gasteiger partial charge < -0.3 is 26.3 Å². The molecule has 0 aromatic heterocycles. The topological polar surface area (TPSA) is 152 Å². The molecule has 0 unspecified atom stereocenters. The van der Waals surface area contributed by atoms with Gasteiger partial charge in [0.2, 0.25) is 0 Å². The number of hydrogen-bond donors (Lipinski definition) is 5. The molecule has 0 rings (SSSR count). The summed E-state index contributed by atoms with van der Waals surface area (Å²) in [5.41, 5.74) is 0. The Balaban J connectivity index is -0.0000000546. The first-order valence-corrected chi connectivity index (χ1v) is 3.45. The van der Waals surface area contributed by atoms with E-state index in [2.05, 4.69) is 0 Å². The molecule has 0 spiro atoms. The minimum absolute atomic E-state index is 0. The van der Waals surface area contributed by atoms with Gasteiger partial charge in [-0.3, -0.25) is 0 Å². The first-order chi connectivity index (χ1) is 4.64. The number of carboxylic acid groups (broad SMARTS) is 2. The quantitative estimate of drug-likeness (QED) is 0.147. The van der Waals surface area contributed by atoms with E-state index < -0.39 is 19.8 Å². The van der Waals surface area contributed by atoms with Gasteiger partial charge in [-0.25, -0.2) is 14.2 Å². The van der Waals surface area contributed by atoms with Crippen LogP contribution in [0.3, 0.4) is 0 Å². The molecule has 0 amide bonds. The Morgan fingerprint density at radius 1 is 1.00 bits per heavy atom. The van der Waals surface area contributed by atoms with E-state index in [1.165, 1.54) is 0 Å². The molecule has 0 fully saturated rings. The van der Waals surface area contributed by atoms with Gasteiger partial charge in [0.25, 0.3) is 0 Å². The summed E-state index contributed by atoms with van der Waals surface area (Å²) in [5, 5.41) is 14.8. The van der Waals surface area contributed by atoms with E-state index >= 15 is 0 Å². The van der Waals surface area contributed by atoms with E-state index in [1.807, 2.05) is 0 Å². The Bertz CT molecular complexity index is 178. The Kier molecular flexibility index (Phi) is 10.7. The fourth-order valence-electron chi connectivity index (χ4n) is 0. The minimum atomic E-state index is -4.64. The normalized spacial score (nSPS) is 8.58. The standard InChI is InChI=1S/C2H2O4.Li.H3O4P.H/c3-1(4)2(5)6;;1-5(2,3)4;/h(H,3,4)(H,5,6);;(H3,1,2,3,4);/q;+1;;-1. The fourth-order valence-corrected chi connectivity index (χ4v) is 0. The number of hydrogen-bond acceptors (Lipinski definition) is 3. The van der Waals surface area contributed by atoms with Crippen molar-refractivity contribution in [3.05, 3.63) is 0 Å². The molecule has 10 heteroatoms. The van der Waals surface area contributed by atoms with Gasteiger partial charge in [0, 0.05) is 0 Å². The van der Waals surface area contributed by atoms with Gasteiger partial charge in [-0.2, -0.15) is 0 Å². The maximum atomic E-state index is 9.10. The molecule has 0 aliphatic rings. The van der Waals surface area contributed by atoms with Crippen molar-refractivity contribution in [3.8, 4) is 0 Å². The molecule has 0 heterocycles. The van der Waals surface area contributed by atoms with Gasteiger partial charge in [0.1, 0.15) is 0 Å². The first kappa shape index (κ1) is 17.7. The van der Waals surface area contributed by atoms with Crippen molar-refractivity contribution >= 4 is 19.8 Å². The summed E-state index contributed by atoms with van der Waals surface area (Å²) in [6.07, 6.45) is 0. The Morgan fingerprint density at radius 3 is 1.08 bits per heavy atom. The van der Waals surface area contributed by atoms with Gasteiger partial charge in [0.15, 0.2) is 0 Å². The van der Waals surface area contributed by atoms with Gasteiger partial charge in [-0.15, -0.1) is 0 Å². The Labute approximate surface area is 79.7 Å². The van der Waals surface area contributed by atoms with Crippen LogP contribution in [0.5, 0.6) is 0 Å². The number of phosphoric acid groups is 1. The van der Waals surface area contributed by atoms with E-state index in [4.69, 9.17) is 39.0 Å². The van der Waals surface area contributed by atoms with E-state index in [0.29, 0.717) is 0 Å². The van der Waals surface area contributed by atoms with Crippen LogP contribution in [0, 0.1) is 0 Å². The zero-order chi connectivity index (χ0) is 9.65. The van der Waals surface area contributed by atoms with Crippen molar-refractivity contribution in [2.75, 3.05) is 0 Å². The van der Waals surface area contributed by atoms with Crippen molar-refractivity contribution in [2.45, 2.75) is 0 Å². The van der Waals surface area contributed by atoms with Crippen molar-refractivity contribution in [1.29, 1.82) is 0 Å². The molecule has 0 aromatic carbocycles. The molecule has 0 saturated carbocycles. The van der Waals surface area contributed by atoms with Crippen LogP contribution in [0.25, 0.3) is 0 Å². The molecule has 0 aliphatic heterocycles. The van der Waals surface area contributed by atoms with Gasteiger partial charge in [-0.1, -0.05) is 0 Å². The number of carbonyl (C=O) groups is 2. The number of rotatable bonds is 0. The monoisotopic (exact) mass is 196 g/mol. The summed E-state index contributed by atoms with van der Waals surface area (Å²) in [7, 11) is -4.64. The molecule has 8 nitrogen and oxygen atoms in total. The average Bonchev–Trinajstić information content (AvgIpc) is 1.59. The van der Waals surface area contributed by atoms with Crippen LogP contribution >= 0.6 is 7.82 Å². The van der Waals surface area contributed by atoms with Crippen molar-refractivity contribution in [3.63, 3.8) is 0 Å². The third kappa shape index (κ3) is 54.2. The molecular formula is C2H6LiO8P. The molecule has 0 bridgehead atoms. The zero-order valence-corrected chi connectivity index (χ0v) is 6.80. The molecule has 0 radical (unpaired) electrons. The van der Waals surface area contributed by atoms with E-state index in [0.717, 1.165) is 0 Å². The fraction of sp³-hybridized carbons (Fsp3) is 0. The van der Waals surface area contributed by atoms with Gasteiger partial charge in [-0.05, 0) is 0 Å². The second kappa shape index (κ2) is 7.30.